The third kappa shape index (κ3) is 4.91. The molecule has 3 N–H and O–H groups in total. The van der Waals surface area contributed by atoms with Crippen LogP contribution in [0.2, 0.25) is 0 Å². The van der Waals surface area contributed by atoms with Crippen molar-refractivity contribution in [3.05, 3.63) is 46.7 Å². The van der Waals surface area contributed by atoms with E-state index >= 15 is 0 Å². The Hall–Kier alpha value is -1.74. The van der Waals surface area contributed by atoms with E-state index in [0.29, 0.717) is 25.3 Å². The lowest BCUT2D eigenvalue weighted by Gasteiger charge is -2.25. The number of benzene rings is 1. The second kappa shape index (κ2) is 8.77. The molecule has 1 amide bonds. The van der Waals surface area contributed by atoms with Gasteiger partial charge in [-0.15, -0.1) is 11.3 Å². The smallest absolute Gasteiger partial charge is 0.279 e. The van der Waals surface area contributed by atoms with Gasteiger partial charge in [0.25, 0.3) is 5.91 Å². The number of piperidine rings is 1. The highest BCUT2D eigenvalue weighted by Gasteiger charge is 2.25. The zero-order valence-corrected chi connectivity index (χ0v) is 16.2. The number of carbonyl (C=O) groups is 1. The van der Waals surface area contributed by atoms with Gasteiger partial charge >= 0.3 is 0 Å². The predicted octanol–water partition coefficient (Wildman–Crippen LogP) is 1.62. The highest BCUT2D eigenvalue weighted by molar-refractivity contribution is 7.89. The Morgan fingerprint density at radius 1 is 1.12 bits per heavy atom. The van der Waals surface area contributed by atoms with Crippen molar-refractivity contribution in [1.82, 2.24) is 4.31 Å². The number of nitrogens with zero attached hydrogens (tertiary/aromatic N) is 1. The van der Waals surface area contributed by atoms with Crippen LogP contribution in [-0.4, -0.2) is 38.3 Å². The molecular weight excluding hydrogens is 370 g/mol. The second-order valence-electron chi connectivity index (χ2n) is 6.31. The Morgan fingerprint density at radius 2 is 1.85 bits per heavy atom. The summed E-state index contributed by atoms with van der Waals surface area (Å²) in [4.78, 5) is 13.5. The minimum Gasteiger partial charge on any atom is -0.334 e. The lowest BCUT2D eigenvalue weighted by atomic mass is 10.2. The number of rotatable bonds is 7. The van der Waals surface area contributed by atoms with Crippen molar-refractivity contribution in [3.63, 3.8) is 0 Å². The average Bonchev–Trinajstić information content (AvgIpc) is 3.16. The molecule has 1 fully saturated rings. The Balaban J connectivity index is 1.52. The van der Waals surface area contributed by atoms with E-state index in [1.54, 1.807) is 39.9 Å². The summed E-state index contributed by atoms with van der Waals surface area (Å²) in [7, 11) is -3.43. The van der Waals surface area contributed by atoms with Crippen molar-refractivity contribution in [2.45, 2.75) is 30.7 Å². The van der Waals surface area contributed by atoms with Gasteiger partial charge in [0.15, 0.2) is 6.54 Å². The number of sulfonamides is 1. The van der Waals surface area contributed by atoms with Crippen molar-refractivity contribution in [1.29, 1.82) is 0 Å². The van der Waals surface area contributed by atoms with Crippen molar-refractivity contribution in [2.75, 3.05) is 25.0 Å². The highest BCUT2D eigenvalue weighted by Crippen LogP contribution is 2.21. The van der Waals surface area contributed by atoms with Gasteiger partial charge in [-0.25, -0.2) is 8.42 Å². The van der Waals surface area contributed by atoms with Gasteiger partial charge < -0.3 is 10.6 Å². The summed E-state index contributed by atoms with van der Waals surface area (Å²) in [5.74, 6) is -0.104. The van der Waals surface area contributed by atoms with Gasteiger partial charge in [0, 0.05) is 18.8 Å². The predicted molar refractivity (Wildman–Crippen MR) is 102 cm³/mol. The minimum absolute atomic E-state index is 0.104. The quantitative estimate of drug-likeness (QED) is 0.749. The number of hydrogen-bond acceptors (Lipinski definition) is 4. The molecule has 1 aliphatic heterocycles. The molecule has 2 heterocycles. The number of thiophene rings is 1. The fourth-order valence-electron chi connectivity index (χ4n) is 2.95. The molecule has 1 aromatic carbocycles. The molecular formula is C18H24N3O3S2+. The first kappa shape index (κ1) is 19.0. The monoisotopic (exact) mass is 394 g/mol. The van der Waals surface area contributed by atoms with Gasteiger partial charge in [0.2, 0.25) is 10.0 Å². The lowest BCUT2D eigenvalue weighted by molar-refractivity contribution is -0.659. The maximum atomic E-state index is 12.6. The first-order valence-electron chi connectivity index (χ1n) is 8.80. The Bertz CT molecular complexity index is 812. The molecule has 0 saturated carbocycles. The fraction of sp³-hybridized carbons (Fsp3) is 0.389. The van der Waals surface area contributed by atoms with E-state index in [9.17, 15) is 13.2 Å². The van der Waals surface area contributed by atoms with E-state index in [1.807, 2.05) is 22.8 Å². The molecule has 0 atom stereocenters. The van der Waals surface area contributed by atoms with Gasteiger partial charge in [0.1, 0.15) is 6.54 Å². The molecule has 0 aliphatic carbocycles. The van der Waals surface area contributed by atoms with E-state index in [-0.39, 0.29) is 10.8 Å². The Labute approximate surface area is 158 Å². The maximum absolute atomic E-state index is 12.6. The van der Waals surface area contributed by atoms with Crippen LogP contribution in [0.15, 0.2) is 46.7 Å². The number of nitrogens with two attached hydrogens (primary N) is 1. The van der Waals surface area contributed by atoms with E-state index in [1.165, 1.54) is 4.88 Å². The maximum Gasteiger partial charge on any atom is 0.279 e. The summed E-state index contributed by atoms with van der Waals surface area (Å²) in [6.45, 7) is 2.27. The largest absolute Gasteiger partial charge is 0.334 e. The molecule has 26 heavy (non-hydrogen) atoms. The molecule has 0 spiro atoms. The number of nitrogens with one attached hydrogen (secondary N) is 1. The Morgan fingerprint density at radius 3 is 2.50 bits per heavy atom. The van der Waals surface area contributed by atoms with Crippen LogP contribution < -0.4 is 10.6 Å². The lowest BCUT2D eigenvalue weighted by Crippen LogP contribution is -2.84. The average molecular weight is 395 g/mol. The van der Waals surface area contributed by atoms with Gasteiger partial charge in [0.05, 0.1) is 9.77 Å². The summed E-state index contributed by atoms with van der Waals surface area (Å²) < 4.78 is 26.8. The number of carbonyl (C=O) groups excluding carboxylic acids is 1. The van der Waals surface area contributed by atoms with Crippen molar-refractivity contribution in [3.8, 4) is 0 Å². The molecule has 0 unspecified atom stereocenters. The number of hydrogen-bond donors (Lipinski definition) is 2. The topological polar surface area (TPSA) is 83.1 Å². The van der Waals surface area contributed by atoms with E-state index in [2.05, 4.69) is 5.32 Å². The summed E-state index contributed by atoms with van der Waals surface area (Å²) in [5.41, 5.74) is 0.608. The van der Waals surface area contributed by atoms with E-state index in [0.717, 1.165) is 25.8 Å². The van der Waals surface area contributed by atoms with E-state index < -0.39 is 10.0 Å². The molecule has 0 radical (unpaired) electrons. The molecule has 140 valence electrons. The minimum atomic E-state index is -3.43. The zero-order valence-electron chi connectivity index (χ0n) is 14.6. The van der Waals surface area contributed by atoms with Gasteiger partial charge in [-0.05, 0) is 48.6 Å². The molecule has 2 aromatic rings. The molecule has 1 aromatic heterocycles. The molecule has 0 bridgehead atoms. The van der Waals surface area contributed by atoms with Gasteiger partial charge in [-0.1, -0.05) is 12.5 Å². The van der Waals surface area contributed by atoms with Crippen molar-refractivity contribution >= 4 is 33.0 Å². The zero-order chi connectivity index (χ0) is 18.4. The number of amides is 1. The summed E-state index contributed by atoms with van der Waals surface area (Å²) in [6, 6.07) is 10.5. The van der Waals surface area contributed by atoms with Crippen LogP contribution in [0.25, 0.3) is 0 Å². The van der Waals surface area contributed by atoms with E-state index in [4.69, 9.17) is 0 Å². The second-order valence-corrected chi connectivity index (χ2v) is 9.28. The normalized spacial score (nSPS) is 15.7. The molecule has 1 aliphatic rings. The molecule has 8 heteroatoms. The summed E-state index contributed by atoms with van der Waals surface area (Å²) in [5, 5.41) is 6.76. The molecule has 6 nitrogen and oxygen atoms in total. The van der Waals surface area contributed by atoms with Crippen LogP contribution in [0.4, 0.5) is 5.69 Å². The highest BCUT2D eigenvalue weighted by atomic mass is 32.2. The van der Waals surface area contributed by atoms with Crippen LogP contribution in [-0.2, 0) is 21.4 Å². The first-order chi connectivity index (χ1) is 12.6. The fourth-order valence-corrected chi connectivity index (χ4v) is 5.17. The van der Waals surface area contributed by atoms with Crippen molar-refractivity contribution in [2.24, 2.45) is 0 Å². The van der Waals surface area contributed by atoms with Crippen LogP contribution in [0.3, 0.4) is 0 Å². The SMILES string of the molecule is O=C(C[NH2+]Cc1cccs1)Nc1ccc(S(=O)(=O)N2CCCCC2)cc1. The van der Waals surface area contributed by atoms with Crippen molar-refractivity contribution < 1.29 is 18.5 Å². The van der Waals surface area contributed by atoms with Gasteiger partial charge in [-0.2, -0.15) is 4.31 Å². The number of quaternary nitrogens is 1. The van der Waals surface area contributed by atoms with Crippen LogP contribution in [0, 0.1) is 0 Å². The van der Waals surface area contributed by atoms with Crippen LogP contribution >= 0.6 is 11.3 Å². The standard InChI is InChI=1S/C18H23N3O3S2/c22-18(14-19-13-16-5-4-12-25-16)20-15-6-8-17(9-7-15)26(23,24)21-10-2-1-3-11-21/h4-9,12,19H,1-3,10-11,13-14H2,(H,20,22)/p+1. The third-order valence-electron chi connectivity index (χ3n) is 4.35. The first-order valence-corrected chi connectivity index (χ1v) is 11.1. The third-order valence-corrected chi connectivity index (χ3v) is 7.16. The molecule has 1 saturated heterocycles. The Kier molecular flexibility index (Phi) is 6.42. The summed E-state index contributed by atoms with van der Waals surface area (Å²) >= 11 is 1.67. The molecule has 3 rings (SSSR count). The summed E-state index contributed by atoms with van der Waals surface area (Å²) in [6.07, 6.45) is 2.91. The van der Waals surface area contributed by atoms with Gasteiger partial charge in [-0.3, -0.25) is 4.79 Å². The van der Waals surface area contributed by atoms with Crippen LogP contribution in [0.1, 0.15) is 24.1 Å². The number of anilines is 1. The van der Waals surface area contributed by atoms with Crippen LogP contribution in [0.5, 0.6) is 0 Å².